The summed E-state index contributed by atoms with van der Waals surface area (Å²) in [6, 6.07) is 0. The van der Waals surface area contributed by atoms with Gasteiger partial charge in [-0.15, -0.1) is 12.2 Å². The van der Waals surface area contributed by atoms with Gasteiger partial charge in [0.15, 0.2) is 0 Å². The SMILES string of the molecule is BC(=C/C(C)C)/C(=C\C)PS. The number of allylic oxidation sites excluding steroid dienone is 4. The number of hydrogen-bond acceptors (Lipinski definition) is 1. The van der Waals surface area contributed by atoms with Gasteiger partial charge in [0.2, 0.25) is 0 Å². The molecule has 0 aromatic carbocycles. The van der Waals surface area contributed by atoms with Crippen LogP contribution in [0.5, 0.6) is 0 Å². The van der Waals surface area contributed by atoms with Crippen LogP contribution in [0.25, 0.3) is 0 Å². The van der Waals surface area contributed by atoms with Crippen molar-refractivity contribution in [1.82, 2.24) is 0 Å². The molecule has 11 heavy (non-hydrogen) atoms. The highest BCUT2D eigenvalue weighted by molar-refractivity contribution is 8.39. The van der Waals surface area contributed by atoms with Crippen LogP contribution in [0.15, 0.2) is 22.9 Å². The van der Waals surface area contributed by atoms with Crippen LogP contribution in [0.1, 0.15) is 20.8 Å². The fourth-order valence-electron chi connectivity index (χ4n) is 0.970. The summed E-state index contributed by atoms with van der Waals surface area (Å²) in [5.41, 5.74) is 1.37. The van der Waals surface area contributed by atoms with Crippen molar-refractivity contribution in [3.8, 4) is 0 Å². The topological polar surface area (TPSA) is 0 Å². The van der Waals surface area contributed by atoms with Gasteiger partial charge in [0.05, 0.1) is 0 Å². The second kappa shape index (κ2) is 5.91. The Hall–Kier alpha value is 0.325. The van der Waals surface area contributed by atoms with Crippen molar-refractivity contribution < 1.29 is 0 Å². The Labute approximate surface area is 77.9 Å². The number of rotatable bonds is 3. The molecule has 0 spiro atoms. The summed E-state index contributed by atoms with van der Waals surface area (Å²) in [4.78, 5) is 0. The van der Waals surface area contributed by atoms with Crippen molar-refractivity contribution in [3.63, 3.8) is 0 Å². The highest BCUT2D eigenvalue weighted by atomic mass is 32.7. The molecule has 0 aliphatic carbocycles. The second-order valence-corrected chi connectivity index (χ2v) is 4.34. The van der Waals surface area contributed by atoms with Crippen molar-refractivity contribution in [1.29, 1.82) is 0 Å². The largest absolute Gasteiger partial charge is 0.150 e. The summed E-state index contributed by atoms with van der Waals surface area (Å²) in [7, 11) is 2.77. The number of thiol groups is 1. The summed E-state index contributed by atoms with van der Waals surface area (Å²) < 4.78 is 0. The predicted octanol–water partition coefficient (Wildman–Crippen LogP) is 2.59. The third-order valence-corrected chi connectivity index (χ3v) is 3.06. The van der Waals surface area contributed by atoms with Crippen LogP contribution in [-0.4, -0.2) is 7.85 Å². The van der Waals surface area contributed by atoms with E-state index in [4.69, 9.17) is 0 Å². The van der Waals surface area contributed by atoms with E-state index in [2.05, 4.69) is 53.0 Å². The molecule has 1 atom stereocenters. The molecule has 3 heteroatoms. The maximum absolute atomic E-state index is 4.28. The summed E-state index contributed by atoms with van der Waals surface area (Å²) in [5.74, 6) is 0.634. The molecule has 0 aromatic rings. The lowest BCUT2D eigenvalue weighted by atomic mass is 9.92. The molecular formula is C8H16BPS. The summed E-state index contributed by atoms with van der Waals surface area (Å²) in [6.07, 6.45) is 4.41. The summed E-state index contributed by atoms with van der Waals surface area (Å²) >= 11 is 4.28. The molecule has 1 unspecified atom stereocenters. The average Bonchev–Trinajstić information content (AvgIpc) is 1.88. The fraction of sp³-hybridized carbons (Fsp3) is 0.500. The van der Waals surface area contributed by atoms with Crippen LogP contribution in [0.2, 0.25) is 0 Å². The minimum absolute atomic E-state index is 0.616. The Bertz CT molecular complexity index is 173. The Balaban J connectivity index is 4.32. The summed E-state index contributed by atoms with van der Waals surface area (Å²) in [6.45, 7) is 6.45. The standard InChI is InChI=1S/C8H16BPS/c1-4-8(10-11)7(9)5-6(2)3/h4-6,10-11H,9H2,1-3H3/b7-5+,8-4+. The van der Waals surface area contributed by atoms with Crippen molar-refractivity contribution in [3.05, 3.63) is 22.9 Å². The molecule has 0 aliphatic heterocycles. The third-order valence-electron chi connectivity index (χ3n) is 1.42. The van der Waals surface area contributed by atoms with Gasteiger partial charge in [-0.05, 0) is 25.9 Å². The minimum atomic E-state index is 0.616. The van der Waals surface area contributed by atoms with E-state index in [1.165, 1.54) is 10.8 Å². The van der Waals surface area contributed by atoms with Gasteiger partial charge in [-0.3, -0.25) is 0 Å². The zero-order chi connectivity index (χ0) is 8.85. The lowest BCUT2D eigenvalue weighted by Gasteiger charge is -2.05. The van der Waals surface area contributed by atoms with E-state index in [0.717, 1.165) is 0 Å². The molecule has 0 bridgehead atoms. The molecule has 0 rings (SSSR count). The second-order valence-electron chi connectivity index (χ2n) is 2.91. The Kier molecular flexibility index (Phi) is 6.08. The van der Waals surface area contributed by atoms with E-state index in [1.54, 1.807) is 0 Å². The maximum Gasteiger partial charge on any atom is 0.139 e. The molecule has 0 saturated carbocycles. The molecule has 0 N–H and O–H groups in total. The third kappa shape index (κ3) is 4.71. The van der Waals surface area contributed by atoms with E-state index in [1.807, 2.05) is 0 Å². The van der Waals surface area contributed by atoms with Crippen LogP contribution in [-0.2, 0) is 0 Å². The van der Waals surface area contributed by atoms with E-state index in [-0.39, 0.29) is 0 Å². The molecule has 0 fully saturated rings. The molecule has 0 radical (unpaired) electrons. The first kappa shape index (κ1) is 11.3. The minimum Gasteiger partial charge on any atom is -0.150 e. The molecule has 0 heterocycles. The maximum atomic E-state index is 4.28. The fourth-order valence-corrected chi connectivity index (χ4v) is 2.28. The van der Waals surface area contributed by atoms with Crippen LogP contribution >= 0.6 is 20.0 Å². The lowest BCUT2D eigenvalue weighted by molar-refractivity contribution is 0.830. The van der Waals surface area contributed by atoms with Crippen LogP contribution < -0.4 is 0 Å². The van der Waals surface area contributed by atoms with Gasteiger partial charge in [-0.1, -0.05) is 31.5 Å². The monoisotopic (exact) mass is 186 g/mol. The van der Waals surface area contributed by atoms with E-state index >= 15 is 0 Å². The van der Waals surface area contributed by atoms with E-state index in [0.29, 0.717) is 13.7 Å². The van der Waals surface area contributed by atoms with E-state index < -0.39 is 0 Å². The number of hydrogen-bond donors (Lipinski definition) is 1. The first-order chi connectivity index (χ1) is 5.11. The van der Waals surface area contributed by atoms with Gasteiger partial charge in [0.1, 0.15) is 7.85 Å². The van der Waals surface area contributed by atoms with Crippen LogP contribution in [0, 0.1) is 5.92 Å². The van der Waals surface area contributed by atoms with E-state index in [9.17, 15) is 0 Å². The Morgan fingerprint density at radius 2 is 2.09 bits per heavy atom. The molecule has 0 amide bonds. The average molecular weight is 186 g/mol. The Morgan fingerprint density at radius 1 is 1.55 bits per heavy atom. The first-order valence-electron chi connectivity index (χ1n) is 3.87. The normalized spacial score (nSPS) is 15.4. The zero-order valence-corrected chi connectivity index (χ0v) is 9.57. The molecular weight excluding hydrogens is 170 g/mol. The smallest absolute Gasteiger partial charge is 0.139 e. The quantitative estimate of drug-likeness (QED) is 0.298. The Morgan fingerprint density at radius 3 is 2.36 bits per heavy atom. The van der Waals surface area contributed by atoms with Crippen LogP contribution in [0.4, 0.5) is 0 Å². The lowest BCUT2D eigenvalue weighted by Crippen LogP contribution is -1.87. The highest BCUT2D eigenvalue weighted by Crippen LogP contribution is 2.32. The first-order valence-corrected chi connectivity index (χ1v) is 6.16. The molecule has 0 aliphatic rings. The van der Waals surface area contributed by atoms with Crippen molar-refractivity contribution in [2.45, 2.75) is 20.8 Å². The molecule has 0 aromatic heterocycles. The van der Waals surface area contributed by atoms with Crippen LogP contribution in [0.3, 0.4) is 0 Å². The van der Waals surface area contributed by atoms with Crippen molar-refractivity contribution >= 4 is 27.9 Å². The predicted molar refractivity (Wildman–Crippen MR) is 62.5 cm³/mol. The van der Waals surface area contributed by atoms with Gasteiger partial charge in [-0.2, -0.15) is 0 Å². The van der Waals surface area contributed by atoms with Gasteiger partial charge >= 0.3 is 0 Å². The molecule has 0 nitrogen and oxygen atoms in total. The summed E-state index contributed by atoms with van der Waals surface area (Å²) in [5, 5.41) is 1.36. The van der Waals surface area contributed by atoms with Gasteiger partial charge in [0, 0.05) is 0 Å². The van der Waals surface area contributed by atoms with Crippen molar-refractivity contribution in [2.24, 2.45) is 5.92 Å². The van der Waals surface area contributed by atoms with Gasteiger partial charge in [-0.25, -0.2) is 0 Å². The van der Waals surface area contributed by atoms with Crippen molar-refractivity contribution in [2.75, 3.05) is 0 Å². The molecule has 62 valence electrons. The highest BCUT2D eigenvalue weighted by Gasteiger charge is 1.96. The zero-order valence-electron chi connectivity index (χ0n) is 7.68. The molecule has 0 saturated heterocycles. The van der Waals surface area contributed by atoms with Gasteiger partial charge < -0.3 is 0 Å². The van der Waals surface area contributed by atoms with Gasteiger partial charge in [0.25, 0.3) is 0 Å².